The van der Waals surface area contributed by atoms with Gasteiger partial charge in [-0.15, -0.1) is 0 Å². The fourth-order valence-electron chi connectivity index (χ4n) is 1.77. The Morgan fingerprint density at radius 2 is 1.80 bits per heavy atom. The summed E-state index contributed by atoms with van der Waals surface area (Å²) in [5.74, 6) is 0.852. The molecule has 0 fully saturated rings. The van der Waals surface area contributed by atoms with Crippen LogP contribution in [0.25, 0.3) is 0 Å². The normalized spacial score (nSPS) is 12.3. The van der Waals surface area contributed by atoms with Crippen molar-refractivity contribution in [2.45, 2.75) is 6.04 Å². The van der Waals surface area contributed by atoms with Gasteiger partial charge in [0, 0.05) is 7.11 Å². The number of hydrogen-bond donors (Lipinski definition) is 1. The van der Waals surface area contributed by atoms with E-state index in [0.29, 0.717) is 33.0 Å². The Kier molecular flexibility index (Phi) is 8.98. The van der Waals surface area contributed by atoms with E-state index in [1.807, 2.05) is 25.2 Å². The van der Waals surface area contributed by atoms with Crippen molar-refractivity contribution in [3.63, 3.8) is 0 Å². The van der Waals surface area contributed by atoms with Crippen molar-refractivity contribution in [2.75, 3.05) is 54.3 Å². The van der Waals surface area contributed by atoms with Gasteiger partial charge in [0.15, 0.2) is 0 Å². The summed E-state index contributed by atoms with van der Waals surface area (Å²) in [4.78, 5) is 0. The Morgan fingerprint density at radius 3 is 2.50 bits per heavy atom. The molecule has 0 spiro atoms. The molecule has 0 saturated heterocycles. The summed E-state index contributed by atoms with van der Waals surface area (Å²) in [7, 11) is 5.25. The smallest absolute Gasteiger partial charge is 0.119 e. The maximum Gasteiger partial charge on any atom is 0.119 e. The second-order valence-electron chi connectivity index (χ2n) is 4.30. The van der Waals surface area contributed by atoms with E-state index in [1.54, 1.807) is 14.2 Å². The Morgan fingerprint density at radius 1 is 1.05 bits per heavy atom. The second-order valence-corrected chi connectivity index (χ2v) is 4.30. The second kappa shape index (κ2) is 10.6. The lowest BCUT2D eigenvalue weighted by Crippen LogP contribution is -2.23. The van der Waals surface area contributed by atoms with Crippen LogP contribution in [0.4, 0.5) is 0 Å². The first-order chi connectivity index (χ1) is 9.81. The van der Waals surface area contributed by atoms with Crippen LogP contribution >= 0.6 is 0 Å². The van der Waals surface area contributed by atoms with Gasteiger partial charge in [-0.05, 0) is 24.7 Å². The van der Waals surface area contributed by atoms with E-state index in [0.717, 1.165) is 11.3 Å². The lowest BCUT2D eigenvalue weighted by atomic mass is 10.1. The maximum atomic E-state index is 5.63. The molecule has 5 heteroatoms. The number of nitrogens with one attached hydrogen (secondary N) is 1. The molecule has 1 atom stereocenters. The summed E-state index contributed by atoms with van der Waals surface area (Å²) in [5.41, 5.74) is 1.15. The highest BCUT2D eigenvalue weighted by Crippen LogP contribution is 2.19. The molecule has 1 N–H and O–H groups in total. The molecule has 0 aromatic heterocycles. The van der Waals surface area contributed by atoms with Gasteiger partial charge >= 0.3 is 0 Å². The minimum absolute atomic E-state index is 0.143. The van der Waals surface area contributed by atoms with Gasteiger partial charge in [0.25, 0.3) is 0 Å². The first kappa shape index (κ1) is 16.9. The monoisotopic (exact) mass is 283 g/mol. The first-order valence-corrected chi connectivity index (χ1v) is 6.77. The quantitative estimate of drug-likeness (QED) is 0.626. The van der Waals surface area contributed by atoms with Gasteiger partial charge in [-0.3, -0.25) is 0 Å². The predicted molar refractivity (Wildman–Crippen MR) is 78.3 cm³/mol. The average Bonchev–Trinajstić information content (AvgIpc) is 2.50. The zero-order valence-electron chi connectivity index (χ0n) is 12.6. The van der Waals surface area contributed by atoms with Crippen molar-refractivity contribution in [3.05, 3.63) is 29.8 Å². The first-order valence-electron chi connectivity index (χ1n) is 6.77. The third kappa shape index (κ3) is 6.34. The van der Waals surface area contributed by atoms with Gasteiger partial charge in [0.05, 0.1) is 46.2 Å². The van der Waals surface area contributed by atoms with Crippen LogP contribution in [-0.4, -0.2) is 54.3 Å². The molecule has 0 amide bonds. The maximum absolute atomic E-state index is 5.63. The molecule has 0 aliphatic heterocycles. The van der Waals surface area contributed by atoms with Gasteiger partial charge < -0.3 is 24.3 Å². The van der Waals surface area contributed by atoms with Crippen molar-refractivity contribution in [1.82, 2.24) is 5.32 Å². The number of hydrogen-bond acceptors (Lipinski definition) is 5. The van der Waals surface area contributed by atoms with Gasteiger partial charge in [-0.2, -0.15) is 0 Å². The Bertz CT molecular complexity index is 359. The van der Waals surface area contributed by atoms with E-state index in [1.165, 1.54) is 0 Å². The van der Waals surface area contributed by atoms with Crippen LogP contribution in [0.2, 0.25) is 0 Å². The Labute approximate surface area is 121 Å². The predicted octanol–water partition coefficient (Wildman–Crippen LogP) is 1.64. The fraction of sp³-hybridized carbons (Fsp3) is 0.600. The molecule has 1 unspecified atom stereocenters. The molecule has 114 valence electrons. The average molecular weight is 283 g/mol. The molecular weight excluding hydrogens is 258 g/mol. The number of methoxy groups -OCH3 is 2. The highest BCUT2D eigenvalue weighted by atomic mass is 16.5. The van der Waals surface area contributed by atoms with E-state index in [9.17, 15) is 0 Å². The number of ether oxygens (including phenoxy) is 4. The SMILES string of the molecule is CNC(COCCOCCOC)c1cccc(OC)c1. The van der Waals surface area contributed by atoms with Gasteiger partial charge in [0.1, 0.15) is 5.75 Å². The van der Waals surface area contributed by atoms with Gasteiger partial charge in [0.2, 0.25) is 0 Å². The van der Waals surface area contributed by atoms with Crippen LogP contribution in [0.15, 0.2) is 24.3 Å². The molecule has 0 aliphatic carbocycles. The minimum atomic E-state index is 0.143. The van der Waals surface area contributed by atoms with Crippen LogP contribution in [0.1, 0.15) is 11.6 Å². The summed E-state index contributed by atoms with van der Waals surface area (Å²) in [6.45, 7) is 2.97. The van der Waals surface area contributed by atoms with Crippen LogP contribution in [-0.2, 0) is 14.2 Å². The summed E-state index contributed by atoms with van der Waals surface area (Å²) in [6.07, 6.45) is 0. The van der Waals surface area contributed by atoms with E-state index in [4.69, 9.17) is 18.9 Å². The van der Waals surface area contributed by atoms with Gasteiger partial charge in [-0.1, -0.05) is 12.1 Å². The number of rotatable bonds is 11. The van der Waals surface area contributed by atoms with E-state index < -0.39 is 0 Å². The van der Waals surface area contributed by atoms with Crippen molar-refractivity contribution < 1.29 is 18.9 Å². The van der Waals surface area contributed by atoms with Crippen LogP contribution in [0.3, 0.4) is 0 Å². The molecule has 0 aliphatic rings. The molecule has 0 saturated carbocycles. The summed E-state index contributed by atoms with van der Waals surface area (Å²) in [5, 5.41) is 3.24. The third-order valence-corrected chi connectivity index (χ3v) is 2.93. The Balaban J connectivity index is 2.28. The van der Waals surface area contributed by atoms with E-state index >= 15 is 0 Å². The van der Waals surface area contributed by atoms with E-state index in [2.05, 4.69) is 11.4 Å². The molecule has 1 aromatic rings. The molecular formula is C15H25NO4. The summed E-state index contributed by atoms with van der Waals surface area (Å²) in [6, 6.07) is 8.12. The topological polar surface area (TPSA) is 49.0 Å². The third-order valence-electron chi connectivity index (χ3n) is 2.93. The van der Waals surface area contributed by atoms with Crippen LogP contribution in [0, 0.1) is 0 Å². The summed E-state index contributed by atoms with van der Waals surface area (Å²) >= 11 is 0. The van der Waals surface area contributed by atoms with Crippen molar-refractivity contribution >= 4 is 0 Å². The number of benzene rings is 1. The van der Waals surface area contributed by atoms with Crippen molar-refractivity contribution in [1.29, 1.82) is 0 Å². The van der Waals surface area contributed by atoms with Crippen molar-refractivity contribution in [2.24, 2.45) is 0 Å². The minimum Gasteiger partial charge on any atom is -0.497 e. The molecule has 0 heterocycles. The van der Waals surface area contributed by atoms with Crippen LogP contribution in [0.5, 0.6) is 5.75 Å². The molecule has 0 bridgehead atoms. The van der Waals surface area contributed by atoms with Crippen molar-refractivity contribution in [3.8, 4) is 5.75 Å². The molecule has 0 radical (unpaired) electrons. The standard InChI is InChI=1S/C15H25NO4/c1-16-15(12-20-10-9-19-8-7-17-2)13-5-4-6-14(11-13)18-3/h4-6,11,15-16H,7-10,12H2,1-3H3. The number of likely N-dealkylation sites (N-methyl/N-ethyl adjacent to an activating group) is 1. The molecule has 1 aromatic carbocycles. The fourth-order valence-corrected chi connectivity index (χ4v) is 1.77. The van der Waals surface area contributed by atoms with E-state index in [-0.39, 0.29) is 6.04 Å². The summed E-state index contributed by atoms with van der Waals surface area (Å²) < 4.78 is 21.1. The Hall–Kier alpha value is -1.14. The molecule has 5 nitrogen and oxygen atoms in total. The molecule has 1 rings (SSSR count). The highest BCUT2D eigenvalue weighted by Gasteiger charge is 2.09. The molecule has 20 heavy (non-hydrogen) atoms. The van der Waals surface area contributed by atoms with Crippen LogP contribution < -0.4 is 10.1 Å². The zero-order chi connectivity index (χ0) is 14.6. The zero-order valence-corrected chi connectivity index (χ0v) is 12.6. The largest absolute Gasteiger partial charge is 0.497 e. The lowest BCUT2D eigenvalue weighted by molar-refractivity contribution is 0.0197. The lowest BCUT2D eigenvalue weighted by Gasteiger charge is -2.17. The highest BCUT2D eigenvalue weighted by molar-refractivity contribution is 5.30. The van der Waals surface area contributed by atoms with Gasteiger partial charge in [-0.25, -0.2) is 0 Å².